The molecule has 2 atom stereocenters. The molecule has 102 valence electrons. The van der Waals surface area contributed by atoms with Gasteiger partial charge in [-0.15, -0.1) is 0 Å². The summed E-state index contributed by atoms with van der Waals surface area (Å²) in [5.74, 6) is 0.777. The Balaban J connectivity index is 2.69. The second-order valence-corrected chi connectivity index (χ2v) is 4.19. The molecule has 1 aromatic carbocycles. The van der Waals surface area contributed by atoms with E-state index >= 15 is 0 Å². The summed E-state index contributed by atoms with van der Waals surface area (Å²) >= 11 is 0. The number of hydrogen-bond donors (Lipinski definition) is 2. The largest absolute Gasteiger partial charge is 0.494 e. The van der Waals surface area contributed by atoms with Crippen LogP contribution in [0.15, 0.2) is 24.3 Å². The highest BCUT2D eigenvalue weighted by molar-refractivity contribution is 5.30. The summed E-state index contributed by atoms with van der Waals surface area (Å²) in [6, 6.07) is 7.73. The standard InChI is InChI=1S/C14H23NO3/c1-3-18-12-6-4-11(5-7-12)13(10-15)14(16)8-9-17-2/h4-7,13-14,16H,3,8-10,15H2,1-2H3. The molecule has 1 rings (SSSR count). The molecule has 0 radical (unpaired) electrons. The van der Waals surface area contributed by atoms with E-state index in [4.69, 9.17) is 15.2 Å². The third kappa shape index (κ3) is 4.29. The minimum Gasteiger partial charge on any atom is -0.494 e. The molecule has 0 aliphatic rings. The molecule has 0 bridgehead atoms. The van der Waals surface area contributed by atoms with E-state index in [0.717, 1.165) is 11.3 Å². The fourth-order valence-corrected chi connectivity index (χ4v) is 1.93. The maximum atomic E-state index is 10.1. The molecule has 0 spiro atoms. The Kier molecular flexibility index (Phi) is 6.72. The van der Waals surface area contributed by atoms with Gasteiger partial charge in [0.2, 0.25) is 0 Å². The quantitative estimate of drug-likeness (QED) is 0.737. The van der Waals surface area contributed by atoms with Crippen LogP contribution in [-0.2, 0) is 4.74 Å². The first-order valence-electron chi connectivity index (χ1n) is 6.32. The van der Waals surface area contributed by atoms with Gasteiger partial charge in [-0.25, -0.2) is 0 Å². The van der Waals surface area contributed by atoms with Crippen molar-refractivity contribution in [1.82, 2.24) is 0 Å². The highest BCUT2D eigenvalue weighted by Crippen LogP contribution is 2.23. The molecule has 0 fully saturated rings. The zero-order valence-corrected chi connectivity index (χ0v) is 11.1. The van der Waals surface area contributed by atoms with Crippen molar-refractivity contribution in [3.8, 4) is 5.75 Å². The first-order valence-corrected chi connectivity index (χ1v) is 6.32. The lowest BCUT2D eigenvalue weighted by Crippen LogP contribution is -2.27. The average molecular weight is 253 g/mol. The lowest BCUT2D eigenvalue weighted by molar-refractivity contribution is 0.0920. The third-order valence-electron chi connectivity index (χ3n) is 2.96. The van der Waals surface area contributed by atoms with Crippen LogP contribution in [0.3, 0.4) is 0 Å². The maximum Gasteiger partial charge on any atom is 0.119 e. The average Bonchev–Trinajstić information content (AvgIpc) is 2.39. The summed E-state index contributed by atoms with van der Waals surface area (Å²) in [5, 5.41) is 10.1. The highest BCUT2D eigenvalue weighted by atomic mass is 16.5. The molecule has 0 heterocycles. The fraction of sp³-hybridized carbons (Fsp3) is 0.571. The minimum atomic E-state index is -0.479. The van der Waals surface area contributed by atoms with Crippen LogP contribution in [0.25, 0.3) is 0 Å². The monoisotopic (exact) mass is 253 g/mol. The highest BCUT2D eigenvalue weighted by Gasteiger charge is 2.19. The number of methoxy groups -OCH3 is 1. The molecule has 0 aliphatic carbocycles. The topological polar surface area (TPSA) is 64.7 Å². The van der Waals surface area contributed by atoms with Crippen LogP contribution in [0.5, 0.6) is 5.75 Å². The normalized spacial score (nSPS) is 14.2. The zero-order valence-electron chi connectivity index (χ0n) is 11.1. The van der Waals surface area contributed by atoms with Gasteiger partial charge in [0.1, 0.15) is 5.75 Å². The van der Waals surface area contributed by atoms with Crippen LogP contribution in [0.2, 0.25) is 0 Å². The molecule has 0 saturated heterocycles. The Hall–Kier alpha value is -1.10. The van der Waals surface area contributed by atoms with Gasteiger partial charge in [-0.2, -0.15) is 0 Å². The molecule has 4 nitrogen and oxygen atoms in total. The van der Waals surface area contributed by atoms with Gasteiger partial charge in [0.05, 0.1) is 12.7 Å². The molecule has 2 unspecified atom stereocenters. The Bertz CT molecular complexity index is 326. The van der Waals surface area contributed by atoms with Crippen molar-refractivity contribution >= 4 is 0 Å². The summed E-state index contributed by atoms with van der Waals surface area (Å²) in [4.78, 5) is 0. The van der Waals surface area contributed by atoms with E-state index in [1.807, 2.05) is 31.2 Å². The van der Waals surface area contributed by atoms with Crippen molar-refractivity contribution < 1.29 is 14.6 Å². The van der Waals surface area contributed by atoms with Gasteiger partial charge in [0.15, 0.2) is 0 Å². The molecule has 0 saturated carbocycles. The lowest BCUT2D eigenvalue weighted by Gasteiger charge is -2.21. The summed E-state index contributed by atoms with van der Waals surface area (Å²) in [7, 11) is 1.63. The molecule has 0 aromatic heterocycles. The second-order valence-electron chi connectivity index (χ2n) is 4.19. The molecule has 0 aliphatic heterocycles. The van der Waals surface area contributed by atoms with Crippen LogP contribution >= 0.6 is 0 Å². The molecule has 0 amide bonds. The van der Waals surface area contributed by atoms with Gasteiger partial charge in [-0.1, -0.05) is 12.1 Å². The van der Waals surface area contributed by atoms with Gasteiger partial charge in [0, 0.05) is 26.2 Å². The van der Waals surface area contributed by atoms with E-state index in [0.29, 0.717) is 26.2 Å². The Morgan fingerprint density at radius 1 is 1.28 bits per heavy atom. The van der Waals surface area contributed by atoms with Crippen LogP contribution in [0.4, 0.5) is 0 Å². The van der Waals surface area contributed by atoms with Crippen molar-refractivity contribution in [2.75, 3.05) is 26.9 Å². The Morgan fingerprint density at radius 2 is 1.94 bits per heavy atom. The van der Waals surface area contributed by atoms with E-state index in [1.165, 1.54) is 0 Å². The number of ether oxygens (including phenoxy) is 2. The van der Waals surface area contributed by atoms with Crippen molar-refractivity contribution in [3.63, 3.8) is 0 Å². The van der Waals surface area contributed by atoms with Gasteiger partial charge in [-0.3, -0.25) is 0 Å². The van der Waals surface area contributed by atoms with E-state index in [2.05, 4.69) is 0 Å². The van der Waals surface area contributed by atoms with Crippen molar-refractivity contribution in [2.24, 2.45) is 5.73 Å². The molecular formula is C14H23NO3. The number of rotatable bonds is 8. The van der Waals surface area contributed by atoms with Crippen molar-refractivity contribution in [3.05, 3.63) is 29.8 Å². The summed E-state index contributed by atoms with van der Waals surface area (Å²) in [6.45, 7) is 3.55. The van der Waals surface area contributed by atoms with E-state index in [9.17, 15) is 5.11 Å². The van der Waals surface area contributed by atoms with Gasteiger partial charge in [-0.05, 0) is 31.0 Å². The fourth-order valence-electron chi connectivity index (χ4n) is 1.93. The van der Waals surface area contributed by atoms with E-state index in [1.54, 1.807) is 7.11 Å². The first-order chi connectivity index (χ1) is 8.72. The van der Waals surface area contributed by atoms with Gasteiger partial charge < -0.3 is 20.3 Å². The number of aliphatic hydroxyl groups is 1. The van der Waals surface area contributed by atoms with Crippen molar-refractivity contribution in [1.29, 1.82) is 0 Å². The van der Waals surface area contributed by atoms with Gasteiger partial charge in [0.25, 0.3) is 0 Å². The zero-order chi connectivity index (χ0) is 13.4. The molecule has 18 heavy (non-hydrogen) atoms. The van der Waals surface area contributed by atoms with Crippen LogP contribution < -0.4 is 10.5 Å². The van der Waals surface area contributed by atoms with E-state index < -0.39 is 6.10 Å². The smallest absolute Gasteiger partial charge is 0.119 e. The molecule has 3 N–H and O–H groups in total. The number of aliphatic hydroxyl groups excluding tert-OH is 1. The van der Waals surface area contributed by atoms with Gasteiger partial charge >= 0.3 is 0 Å². The van der Waals surface area contributed by atoms with Crippen molar-refractivity contribution in [2.45, 2.75) is 25.4 Å². The maximum absolute atomic E-state index is 10.1. The minimum absolute atomic E-state index is 0.0594. The van der Waals surface area contributed by atoms with Crippen LogP contribution in [0, 0.1) is 0 Å². The Morgan fingerprint density at radius 3 is 2.44 bits per heavy atom. The second kappa shape index (κ2) is 8.08. The SMILES string of the molecule is CCOc1ccc(C(CN)C(O)CCOC)cc1. The number of hydrogen-bond acceptors (Lipinski definition) is 4. The molecule has 4 heteroatoms. The molecular weight excluding hydrogens is 230 g/mol. The Labute approximate surface area is 109 Å². The van der Waals surface area contributed by atoms with E-state index in [-0.39, 0.29) is 5.92 Å². The third-order valence-corrected chi connectivity index (χ3v) is 2.96. The van der Waals surface area contributed by atoms with Crippen LogP contribution in [0.1, 0.15) is 24.8 Å². The number of nitrogens with two attached hydrogens (primary N) is 1. The summed E-state index contributed by atoms with van der Waals surface area (Å²) in [6.07, 6.45) is 0.110. The van der Waals surface area contributed by atoms with Crippen LogP contribution in [-0.4, -0.2) is 38.1 Å². The lowest BCUT2D eigenvalue weighted by atomic mass is 9.92. The summed E-state index contributed by atoms with van der Waals surface area (Å²) < 4.78 is 10.4. The predicted octanol–water partition coefficient (Wildman–Crippen LogP) is 1.52. The predicted molar refractivity (Wildman–Crippen MR) is 71.9 cm³/mol. The molecule has 1 aromatic rings. The first kappa shape index (κ1) is 15.0. The summed E-state index contributed by atoms with van der Waals surface area (Å²) in [5.41, 5.74) is 6.77. The number of benzene rings is 1.